The molecule has 1 atom stereocenters. The van der Waals surface area contributed by atoms with Gasteiger partial charge >= 0.3 is 0 Å². The first-order valence-corrected chi connectivity index (χ1v) is 8.40. The Balaban J connectivity index is 2.63. The molecule has 0 amide bonds. The molecule has 1 aliphatic rings. The Morgan fingerprint density at radius 3 is 2.68 bits per heavy atom. The second-order valence-electron chi connectivity index (χ2n) is 5.16. The van der Waals surface area contributed by atoms with E-state index in [0.717, 1.165) is 12.0 Å². The van der Waals surface area contributed by atoms with Gasteiger partial charge in [-0.25, -0.2) is 13.6 Å². The van der Waals surface area contributed by atoms with Crippen LogP contribution in [0.2, 0.25) is 0 Å². The second-order valence-corrected chi connectivity index (χ2v) is 6.69. The number of nitrogens with zero attached hydrogens (tertiary/aromatic N) is 2. The van der Waals surface area contributed by atoms with Crippen molar-refractivity contribution in [1.29, 1.82) is 5.26 Å². The fourth-order valence-electron chi connectivity index (χ4n) is 2.61. The summed E-state index contributed by atoms with van der Waals surface area (Å²) in [5.74, 6) is 0.133. The van der Waals surface area contributed by atoms with Crippen LogP contribution in [-0.2, 0) is 10.0 Å². The van der Waals surface area contributed by atoms with E-state index in [4.69, 9.17) is 16.1 Å². The number of aliphatic imine (C=N–C) groups is 1. The van der Waals surface area contributed by atoms with Crippen LogP contribution in [-0.4, -0.2) is 21.3 Å². The maximum absolute atomic E-state index is 11.8. The van der Waals surface area contributed by atoms with E-state index in [1.165, 1.54) is 13.1 Å². The molecule has 22 heavy (non-hydrogen) atoms. The summed E-state index contributed by atoms with van der Waals surface area (Å²) in [6, 6.07) is 7.12. The van der Waals surface area contributed by atoms with E-state index in [2.05, 4.69) is 11.1 Å². The number of nitriles is 1. The van der Waals surface area contributed by atoms with Gasteiger partial charge in [0.05, 0.1) is 16.9 Å². The molecule has 0 aromatic heterocycles. The summed E-state index contributed by atoms with van der Waals surface area (Å²) in [4.78, 5) is 3.88. The van der Waals surface area contributed by atoms with Crippen molar-refractivity contribution in [2.24, 2.45) is 21.8 Å². The molecule has 1 aliphatic carbocycles. The van der Waals surface area contributed by atoms with E-state index < -0.39 is 10.0 Å². The van der Waals surface area contributed by atoms with Crippen molar-refractivity contribution in [3.8, 4) is 6.07 Å². The number of amidine groups is 1. The van der Waals surface area contributed by atoms with Crippen LogP contribution in [0.25, 0.3) is 5.57 Å². The molecular formula is C15H18N4O2S. The minimum Gasteiger partial charge on any atom is -0.383 e. The first-order chi connectivity index (χ1) is 10.4. The van der Waals surface area contributed by atoms with Gasteiger partial charge in [0.1, 0.15) is 5.84 Å². The van der Waals surface area contributed by atoms with E-state index in [0.29, 0.717) is 24.0 Å². The second kappa shape index (κ2) is 6.30. The quantitative estimate of drug-likeness (QED) is 0.645. The Kier molecular flexibility index (Phi) is 4.64. The maximum Gasteiger partial charge on any atom is 0.238 e. The predicted octanol–water partition coefficient (Wildman–Crippen LogP) is 1.38. The summed E-state index contributed by atoms with van der Waals surface area (Å²) in [6.45, 7) is 0. The molecule has 1 aromatic carbocycles. The van der Waals surface area contributed by atoms with Crippen molar-refractivity contribution in [2.45, 2.75) is 24.2 Å². The SMILES string of the molecule is CN=C(N)c1c(C2=CCC(C#N)CC2)cccc1S(N)(=O)=O. The summed E-state index contributed by atoms with van der Waals surface area (Å²) in [6.07, 6.45) is 4.04. The third-order valence-corrected chi connectivity index (χ3v) is 4.72. The van der Waals surface area contributed by atoms with Crippen LogP contribution in [0.5, 0.6) is 0 Å². The zero-order valence-electron chi connectivity index (χ0n) is 12.3. The molecule has 116 valence electrons. The highest BCUT2D eigenvalue weighted by atomic mass is 32.2. The maximum atomic E-state index is 11.8. The Hall–Kier alpha value is -2.17. The van der Waals surface area contributed by atoms with Gasteiger partial charge in [0, 0.05) is 12.6 Å². The van der Waals surface area contributed by atoms with Crippen molar-refractivity contribution < 1.29 is 8.42 Å². The lowest BCUT2D eigenvalue weighted by molar-refractivity contribution is 0.597. The summed E-state index contributed by atoms with van der Waals surface area (Å²) < 4.78 is 23.6. The molecule has 0 aliphatic heterocycles. The molecule has 0 radical (unpaired) electrons. The molecule has 0 fully saturated rings. The van der Waals surface area contributed by atoms with Crippen molar-refractivity contribution in [3.63, 3.8) is 0 Å². The largest absolute Gasteiger partial charge is 0.383 e. The average Bonchev–Trinajstić information content (AvgIpc) is 2.52. The first kappa shape index (κ1) is 16.2. The van der Waals surface area contributed by atoms with E-state index in [-0.39, 0.29) is 16.6 Å². The number of sulfonamides is 1. The number of hydrogen-bond donors (Lipinski definition) is 2. The van der Waals surface area contributed by atoms with Crippen molar-refractivity contribution in [2.75, 3.05) is 7.05 Å². The van der Waals surface area contributed by atoms with Gasteiger partial charge in [-0.1, -0.05) is 18.2 Å². The van der Waals surface area contributed by atoms with Crippen molar-refractivity contribution >= 4 is 21.4 Å². The van der Waals surface area contributed by atoms with Crippen molar-refractivity contribution in [1.82, 2.24) is 0 Å². The lowest BCUT2D eigenvalue weighted by Gasteiger charge is -2.20. The zero-order chi connectivity index (χ0) is 16.3. The van der Waals surface area contributed by atoms with Gasteiger partial charge in [-0.15, -0.1) is 0 Å². The van der Waals surface area contributed by atoms with E-state index in [1.807, 2.05) is 6.08 Å². The van der Waals surface area contributed by atoms with Crippen LogP contribution < -0.4 is 10.9 Å². The molecule has 7 heteroatoms. The fraction of sp³-hybridized carbons (Fsp3) is 0.333. The van der Waals surface area contributed by atoms with E-state index >= 15 is 0 Å². The number of primary sulfonamides is 1. The van der Waals surface area contributed by atoms with Gasteiger partial charge in [0.15, 0.2) is 0 Å². The molecule has 0 spiro atoms. The zero-order valence-corrected chi connectivity index (χ0v) is 13.1. The average molecular weight is 318 g/mol. The van der Waals surface area contributed by atoms with Crippen LogP contribution >= 0.6 is 0 Å². The van der Waals surface area contributed by atoms with Crippen LogP contribution in [0.3, 0.4) is 0 Å². The Bertz CT molecular complexity index is 788. The lowest BCUT2D eigenvalue weighted by atomic mass is 9.85. The molecule has 0 bridgehead atoms. The molecule has 1 unspecified atom stereocenters. The highest BCUT2D eigenvalue weighted by Gasteiger charge is 2.23. The van der Waals surface area contributed by atoms with Gasteiger partial charge in [-0.05, 0) is 36.5 Å². The smallest absolute Gasteiger partial charge is 0.238 e. The molecule has 0 saturated heterocycles. The standard InChI is InChI=1S/C15H18N4O2S/c1-19-15(17)14-12(3-2-4-13(14)22(18,20)21)11-7-5-10(9-16)6-8-11/h2-4,7,10H,5-6,8H2,1H3,(H2,17,19)(H2,18,20,21). The van der Waals surface area contributed by atoms with E-state index in [9.17, 15) is 8.42 Å². The third kappa shape index (κ3) is 3.18. The van der Waals surface area contributed by atoms with Crippen LogP contribution in [0, 0.1) is 17.2 Å². The number of rotatable bonds is 3. The number of nitrogens with two attached hydrogens (primary N) is 2. The molecule has 0 heterocycles. The third-order valence-electron chi connectivity index (χ3n) is 3.77. The topological polar surface area (TPSA) is 122 Å². The Morgan fingerprint density at radius 2 is 2.18 bits per heavy atom. The lowest BCUT2D eigenvalue weighted by Crippen LogP contribution is -2.23. The van der Waals surface area contributed by atoms with Crippen molar-refractivity contribution in [3.05, 3.63) is 35.4 Å². The number of benzene rings is 1. The Morgan fingerprint density at radius 1 is 1.45 bits per heavy atom. The van der Waals surface area contributed by atoms with Gasteiger partial charge in [-0.3, -0.25) is 4.99 Å². The molecule has 4 N–H and O–H groups in total. The normalized spacial score (nSPS) is 19.4. The summed E-state index contributed by atoms with van der Waals surface area (Å²) in [5.41, 5.74) is 7.93. The summed E-state index contributed by atoms with van der Waals surface area (Å²) >= 11 is 0. The van der Waals surface area contributed by atoms with Crippen LogP contribution in [0.15, 0.2) is 34.2 Å². The minimum absolute atomic E-state index is 0.00538. The highest BCUT2D eigenvalue weighted by molar-refractivity contribution is 7.89. The first-order valence-electron chi connectivity index (χ1n) is 6.86. The highest BCUT2D eigenvalue weighted by Crippen LogP contribution is 2.33. The molecule has 2 rings (SSSR count). The molecule has 0 saturated carbocycles. The molecule has 1 aromatic rings. The van der Waals surface area contributed by atoms with Gasteiger partial charge in [0.2, 0.25) is 10.0 Å². The van der Waals surface area contributed by atoms with Gasteiger partial charge in [0.25, 0.3) is 0 Å². The van der Waals surface area contributed by atoms with E-state index in [1.54, 1.807) is 12.1 Å². The minimum atomic E-state index is -3.91. The summed E-state index contributed by atoms with van der Waals surface area (Å²) in [5, 5.41) is 14.3. The van der Waals surface area contributed by atoms with Crippen LogP contribution in [0.1, 0.15) is 30.4 Å². The van der Waals surface area contributed by atoms with Gasteiger partial charge in [-0.2, -0.15) is 5.26 Å². The monoisotopic (exact) mass is 318 g/mol. The molecule has 6 nitrogen and oxygen atoms in total. The number of hydrogen-bond acceptors (Lipinski definition) is 4. The van der Waals surface area contributed by atoms with Crippen LogP contribution in [0.4, 0.5) is 0 Å². The molecular weight excluding hydrogens is 300 g/mol. The number of allylic oxidation sites excluding steroid dienone is 2. The van der Waals surface area contributed by atoms with Gasteiger partial charge < -0.3 is 5.73 Å². The fourth-order valence-corrected chi connectivity index (χ4v) is 3.38. The summed E-state index contributed by atoms with van der Waals surface area (Å²) in [7, 11) is -2.41. The Labute approximate surface area is 130 Å². The predicted molar refractivity (Wildman–Crippen MR) is 85.4 cm³/mol.